The van der Waals surface area contributed by atoms with E-state index >= 15 is 0 Å². The SMILES string of the molecule is CC(=O)/C(=C\N1CCc2cc(C(=O)OCCCOC(=O)c3ccc4c(c3)CCN4/C=C(\C(C)=O)c3ccccc3)ccc21)c1ccccc1. The molecule has 2 aliphatic heterocycles. The average molecular weight is 655 g/mol. The molecule has 0 bridgehead atoms. The van der Waals surface area contributed by atoms with Gasteiger partial charge in [0.25, 0.3) is 0 Å². The molecule has 0 radical (unpaired) electrons. The van der Waals surface area contributed by atoms with Crippen LogP contribution in [0.5, 0.6) is 0 Å². The number of carbonyl (C=O) groups is 4. The van der Waals surface area contributed by atoms with E-state index in [1.165, 1.54) is 0 Å². The van der Waals surface area contributed by atoms with Gasteiger partial charge in [0.1, 0.15) is 0 Å². The van der Waals surface area contributed by atoms with E-state index in [1.807, 2.05) is 107 Å². The molecule has 0 atom stereocenters. The molecule has 0 spiro atoms. The Morgan fingerprint density at radius 3 is 1.37 bits per heavy atom. The topological polar surface area (TPSA) is 93.2 Å². The molecule has 0 saturated carbocycles. The van der Waals surface area contributed by atoms with Gasteiger partial charge < -0.3 is 19.3 Å². The van der Waals surface area contributed by atoms with Gasteiger partial charge >= 0.3 is 11.9 Å². The Morgan fingerprint density at radius 2 is 0.980 bits per heavy atom. The minimum Gasteiger partial charge on any atom is -0.462 e. The number of fused-ring (bicyclic) bond motifs is 2. The van der Waals surface area contributed by atoms with Crippen LogP contribution in [0.3, 0.4) is 0 Å². The molecule has 0 fully saturated rings. The van der Waals surface area contributed by atoms with Crippen molar-refractivity contribution in [1.29, 1.82) is 0 Å². The van der Waals surface area contributed by atoms with Gasteiger partial charge in [-0.25, -0.2) is 9.59 Å². The molecule has 49 heavy (non-hydrogen) atoms. The number of ketones is 2. The second-order valence-corrected chi connectivity index (χ2v) is 12.1. The molecule has 8 heteroatoms. The lowest BCUT2D eigenvalue weighted by molar-refractivity contribution is -0.112. The van der Waals surface area contributed by atoms with E-state index in [-0.39, 0.29) is 24.8 Å². The number of ether oxygens (including phenoxy) is 2. The third-order valence-corrected chi connectivity index (χ3v) is 8.75. The lowest BCUT2D eigenvalue weighted by Crippen LogP contribution is -2.15. The molecule has 0 unspecified atom stereocenters. The van der Waals surface area contributed by atoms with Crippen molar-refractivity contribution in [2.24, 2.45) is 0 Å². The van der Waals surface area contributed by atoms with E-state index < -0.39 is 11.9 Å². The Bertz CT molecular complexity index is 1810. The maximum atomic E-state index is 12.8. The summed E-state index contributed by atoms with van der Waals surface area (Å²) in [4.78, 5) is 54.4. The summed E-state index contributed by atoms with van der Waals surface area (Å²) in [7, 11) is 0. The van der Waals surface area contributed by atoms with Gasteiger partial charge in [-0.1, -0.05) is 60.7 Å². The van der Waals surface area contributed by atoms with E-state index in [0.29, 0.717) is 41.8 Å². The Hall–Kier alpha value is -5.76. The highest BCUT2D eigenvalue weighted by atomic mass is 16.5. The van der Waals surface area contributed by atoms with E-state index in [1.54, 1.807) is 26.0 Å². The van der Waals surface area contributed by atoms with E-state index in [0.717, 1.165) is 46.5 Å². The Labute approximate surface area is 286 Å². The van der Waals surface area contributed by atoms with Crippen LogP contribution in [0.25, 0.3) is 11.1 Å². The standard InChI is InChI=1S/C41H38N2O6/c1-28(44)36(30-10-5-3-6-11-30)26-42-20-18-32-24-34(14-16-38(32)42)40(46)48-22-9-23-49-41(47)35-15-17-39-33(25-35)19-21-43(39)27-37(29(2)45)31-12-7-4-8-13-31/h3-8,10-17,24-27H,9,18-23H2,1-2H3/b36-26+,37-27+. The van der Waals surface area contributed by atoms with Crippen LogP contribution in [0.4, 0.5) is 11.4 Å². The number of carbonyl (C=O) groups excluding carboxylic acids is 4. The highest BCUT2D eigenvalue weighted by Crippen LogP contribution is 2.32. The van der Waals surface area contributed by atoms with Gasteiger partial charge in [-0.2, -0.15) is 0 Å². The van der Waals surface area contributed by atoms with Crippen LogP contribution in [-0.4, -0.2) is 49.8 Å². The molecule has 0 N–H and O–H groups in total. The summed E-state index contributed by atoms with van der Waals surface area (Å²) >= 11 is 0. The monoisotopic (exact) mass is 654 g/mol. The summed E-state index contributed by atoms with van der Waals surface area (Å²) in [5, 5.41) is 0. The van der Waals surface area contributed by atoms with Gasteiger partial charge in [0.15, 0.2) is 11.6 Å². The second-order valence-electron chi connectivity index (χ2n) is 12.1. The van der Waals surface area contributed by atoms with Crippen molar-refractivity contribution in [3.05, 3.63) is 143 Å². The molecule has 0 saturated heterocycles. The third kappa shape index (κ3) is 7.70. The molecule has 2 heterocycles. The average Bonchev–Trinajstić information content (AvgIpc) is 3.72. The van der Waals surface area contributed by atoms with Crippen molar-refractivity contribution in [2.45, 2.75) is 33.1 Å². The molecular weight excluding hydrogens is 616 g/mol. The van der Waals surface area contributed by atoms with Gasteiger partial charge in [0, 0.05) is 54.4 Å². The summed E-state index contributed by atoms with van der Waals surface area (Å²) in [6, 6.07) is 30.1. The predicted molar refractivity (Wildman–Crippen MR) is 190 cm³/mol. The number of Topliss-reactive ketones (excluding diaryl/α,β-unsaturated/α-hetero) is 2. The molecule has 0 aromatic heterocycles. The van der Waals surface area contributed by atoms with Crippen LogP contribution in [0, 0.1) is 0 Å². The van der Waals surface area contributed by atoms with Crippen LogP contribution >= 0.6 is 0 Å². The number of benzene rings is 4. The number of nitrogens with zero attached hydrogens (tertiary/aromatic N) is 2. The first-order chi connectivity index (χ1) is 23.8. The van der Waals surface area contributed by atoms with Gasteiger partial charge in [-0.15, -0.1) is 0 Å². The Morgan fingerprint density at radius 1 is 0.571 bits per heavy atom. The van der Waals surface area contributed by atoms with E-state index in [9.17, 15) is 19.2 Å². The fourth-order valence-corrected chi connectivity index (χ4v) is 6.22. The molecule has 248 valence electrons. The van der Waals surface area contributed by atoms with Gasteiger partial charge in [-0.05, 0) is 85.3 Å². The summed E-state index contributed by atoms with van der Waals surface area (Å²) in [6.45, 7) is 4.77. The zero-order chi connectivity index (χ0) is 34.3. The van der Waals surface area contributed by atoms with E-state index in [2.05, 4.69) is 0 Å². The van der Waals surface area contributed by atoms with Crippen LogP contribution in [0.1, 0.15) is 63.2 Å². The molecular formula is C41H38N2O6. The summed E-state index contributed by atoms with van der Waals surface area (Å²) in [5.74, 6) is -0.896. The number of hydrogen-bond acceptors (Lipinski definition) is 8. The fraction of sp³-hybridized carbons (Fsp3) is 0.220. The molecule has 0 aliphatic carbocycles. The maximum absolute atomic E-state index is 12.8. The lowest BCUT2D eigenvalue weighted by atomic mass is 10.0. The highest BCUT2D eigenvalue weighted by Gasteiger charge is 2.23. The zero-order valence-corrected chi connectivity index (χ0v) is 27.7. The molecule has 0 amide bonds. The summed E-state index contributed by atoms with van der Waals surface area (Å²) < 4.78 is 10.9. The largest absolute Gasteiger partial charge is 0.462 e. The highest BCUT2D eigenvalue weighted by molar-refractivity contribution is 6.20. The minimum atomic E-state index is -0.436. The van der Waals surface area contributed by atoms with Gasteiger partial charge in [-0.3, -0.25) is 9.59 Å². The maximum Gasteiger partial charge on any atom is 0.338 e. The van der Waals surface area contributed by atoms with Crippen molar-refractivity contribution >= 4 is 46.0 Å². The number of hydrogen-bond donors (Lipinski definition) is 0. The Kier molecular flexibility index (Phi) is 10.1. The molecule has 8 nitrogen and oxygen atoms in total. The number of allylic oxidation sites excluding steroid dienone is 2. The number of esters is 2. The van der Waals surface area contributed by atoms with Crippen molar-refractivity contribution in [3.63, 3.8) is 0 Å². The van der Waals surface area contributed by atoms with Crippen molar-refractivity contribution in [3.8, 4) is 0 Å². The fourth-order valence-electron chi connectivity index (χ4n) is 6.22. The van der Waals surface area contributed by atoms with Crippen LogP contribution in [0.15, 0.2) is 109 Å². The minimum absolute atomic E-state index is 0.0120. The number of anilines is 2. The summed E-state index contributed by atoms with van der Waals surface area (Å²) in [5.41, 5.74) is 7.86. The smallest absolute Gasteiger partial charge is 0.338 e. The van der Waals surface area contributed by atoms with Crippen LogP contribution in [-0.2, 0) is 31.9 Å². The second kappa shape index (κ2) is 15.0. The summed E-state index contributed by atoms with van der Waals surface area (Å²) in [6.07, 6.45) is 5.62. The van der Waals surface area contributed by atoms with Gasteiger partial charge in [0.2, 0.25) is 0 Å². The van der Waals surface area contributed by atoms with Crippen LogP contribution in [0.2, 0.25) is 0 Å². The first-order valence-electron chi connectivity index (χ1n) is 16.5. The molecule has 4 aromatic rings. The van der Waals surface area contributed by atoms with Crippen LogP contribution < -0.4 is 9.80 Å². The normalized spacial score (nSPS) is 13.9. The van der Waals surface area contributed by atoms with E-state index in [4.69, 9.17) is 9.47 Å². The van der Waals surface area contributed by atoms with Gasteiger partial charge in [0.05, 0.1) is 24.3 Å². The lowest BCUT2D eigenvalue weighted by Gasteiger charge is -2.17. The predicted octanol–water partition coefficient (Wildman–Crippen LogP) is 7.08. The van der Waals surface area contributed by atoms with Crippen molar-refractivity contribution in [1.82, 2.24) is 0 Å². The first kappa shape index (κ1) is 33.2. The molecule has 4 aromatic carbocycles. The quantitative estimate of drug-likeness (QED) is 0.0910. The van der Waals surface area contributed by atoms with Crippen molar-refractivity contribution in [2.75, 3.05) is 36.1 Å². The third-order valence-electron chi connectivity index (χ3n) is 8.75. The Balaban J connectivity index is 0.991. The molecule has 6 rings (SSSR count). The first-order valence-corrected chi connectivity index (χ1v) is 16.5. The number of rotatable bonds is 12. The molecule has 2 aliphatic rings. The zero-order valence-electron chi connectivity index (χ0n) is 27.7. The van der Waals surface area contributed by atoms with Crippen molar-refractivity contribution < 1.29 is 28.7 Å².